The minimum absolute atomic E-state index is 0.0746. The zero-order valence-corrected chi connectivity index (χ0v) is 14.7. The van der Waals surface area contributed by atoms with Crippen LogP contribution in [-0.4, -0.2) is 62.7 Å². The lowest BCUT2D eigenvalue weighted by molar-refractivity contribution is -0.127. The van der Waals surface area contributed by atoms with Gasteiger partial charge in [-0.1, -0.05) is 0 Å². The Kier molecular flexibility index (Phi) is 6.35. The van der Waals surface area contributed by atoms with E-state index in [-0.39, 0.29) is 25.5 Å². The van der Waals surface area contributed by atoms with E-state index in [0.29, 0.717) is 18.0 Å². The van der Waals surface area contributed by atoms with Gasteiger partial charge in [-0.2, -0.15) is 0 Å². The quantitative estimate of drug-likeness (QED) is 0.708. The minimum atomic E-state index is -0.837. The molecule has 136 valence electrons. The zero-order valence-electron chi connectivity index (χ0n) is 14.7. The summed E-state index contributed by atoms with van der Waals surface area (Å²) in [5, 5.41) is 2.66. The number of urea groups is 1. The van der Waals surface area contributed by atoms with Crippen LogP contribution in [0, 0.1) is 0 Å². The number of benzene rings is 1. The average Bonchev–Trinajstić information content (AvgIpc) is 2.83. The van der Waals surface area contributed by atoms with Gasteiger partial charge in [-0.05, 0) is 31.2 Å². The lowest BCUT2D eigenvalue weighted by Gasteiger charge is -2.20. The van der Waals surface area contributed by atoms with Crippen molar-refractivity contribution in [3.05, 3.63) is 24.3 Å². The Labute approximate surface area is 146 Å². The van der Waals surface area contributed by atoms with E-state index in [9.17, 15) is 14.4 Å². The first-order valence-corrected chi connectivity index (χ1v) is 8.07. The molecule has 0 aromatic heterocycles. The van der Waals surface area contributed by atoms with Gasteiger partial charge in [0.05, 0.1) is 25.8 Å². The number of ether oxygens (including phenoxy) is 2. The fraction of sp³-hybridized carbons (Fsp3) is 0.471. The van der Waals surface area contributed by atoms with E-state index in [1.807, 2.05) is 0 Å². The molecule has 8 heteroatoms. The van der Waals surface area contributed by atoms with Gasteiger partial charge in [-0.15, -0.1) is 0 Å². The highest BCUT2D eigenvalue weighted by molar-refractivity contribution is 6.22. The first-order chi connectivity index (χ1) is 12.0. The highest BCUT2D eigenvalue weighted by Crippen LogP contribution is 2.28. The summed E-state index contributed by atoms with van der Waals surface area (Å²) in [7, 11) is 3.05. The van der Waals surface area contributed by atoms with Crippen LogP contribution in [0.5, 0.6) is 5.75 Å². The summed E-state index contributed by atoms with van der Waals surface area (Å²) < 4.78 is 10.1. The number of hydrogen-bond acceptors (Lipinski definition) is 5. The van der Waals surface area contributed by atoms with Crippen molar-refractivity contribution in [2.75, 3.05) is 38.8 Å². The number of imide groups is 1. The van der Waals surface area contributed by atoms with Crippen LogP contribution in [0.2, 0.25) is 0 Å². The molecule has 1 fully saturated rings. The van der Waals surface area contributed by atoms with Crippen molar-refractivity contribution in [3.63, 3.8) is 0 Å². The van der Waals surface area contributed by atoms with Crippen molar-refractivity contribution in [3.8, 4) is 5.75 Å². The third kappa shape index (κ3) is 4.08. The van der Waals surface area contributed by atoms with Crippen molar-refractivity contribution < 1.29 is 23.9 Å². The van der Waals surface area contributed by atoms with E-state index >= 15 is 0 Å². The number of carbonyl (C=O) groups excluding carboxylic acids is 3. The van der Waals surface area contributed by atoms with Crippen LogP contribution in [0.1, 0.15) is 13.3 Å². The lowest BCUT2D eigenvalue weighted by Crippen LogP contribution is -2.41. The first kappa shape index (κ1) is 18.7. The Morgan fingerprint density at radius 3 is 2.44 bits per heavy atom. The summed E-state index contributed by atoms with van der Waals surface area (Å²) in [6, 6.07) is 5.33. The molecule has 1 aromatic rings. The second-order valence-electron chi connectivity index (χ2n) is 5.51. The minimum Gasteiger partial charge on any atom is -0.497 e. The number of methoxy groups -OCH3 is 2. The largest absolute Gasteiger partial charge is 0.497 e. The molecule has 1 aliphatic heterocycles. The standard InChI is InChI=1S/C17H23N3O5/c1-4-18-15(21)11-14-16(22)20(17(23)19(14)9-10-24-2)12-5-7-13(25-3)8-6-12/h5-8,14H,4,9-11H2,1-3H3,(H,18,21)/t14-/m1/s1. The Bertz CT molecular complexity index is 632. The molecule has 0 spiro atoms. The van der Waals surface area contributed by atoms with Crippen LogP contribution in [0.25, 0.3) is 0 Å². The van der Waals surface area contributed by atoms with Crippen LogP contribution in [0.15, 0.2) is 24.3 Å². The van der Waals surface area contributed by atoms with E-state index in [2.05, 4.69) is 5.32 Å². The van der Waals surface area contributed by atoms with Gasteiger partial charge in [0.15, 0.2) is 0 Å². The molecule has 1 aliphatic rings. The van der Waals surface area contributed by atoms with Crippen LogP contribution >= 0.6 is 0 Å². The molecule has 1 aromatic carbocycles. The van der Waals surface area contributed by atoms with Gasteiger partial charge in [0, 0.05) is 20.2 Å². The number of anilines is 1. The topological polar surface area (TPSA) is 88.2 Å². The number of nitrogens with zero attached hydrogens (tertiary/aromatic N) is 2. The van der Waals surface area contributed by atoms with E-state index in [1.54, 1.807) is 31.2 Å². The molecule has 2 rings (SSSR count). The number of amides is 4. The summed E-state index contributed by atoms with van der Waals surface area (Å²) in [5.41, 5.74) is 0.441. The molecule has 0 radical (unpaired) electrons. The molecule has 4 amide bonds. The third-order valence-electron chi connectivity index (χ3n) is 3.94. The van der Waals surface area contributed by atoms with Gasteiger partial charge in [-0.3, -0.25) is 9.59 Å². The van der Waals surface area contributed by atoms with Crippen molar-refractivity contribution in [2.24, 2.45) is 0 Å². The van der Waals surface area contributed by atoms with Crippen molar-refractivity contribution in [2.45, 2.75) is 19.4 Å². The second kappa shape index (κ2) is 8.48. The molecule has 1 saturated heterocycles. The predicted octanol–water partition coefficient (Wildman–Crippen LogP) is 1.00. The molecule has 0 bridgehead atoms. The van der Waals surface area contributed by atoms with E-state index in [0.717, 1.165) is 4.90 Å². The predicted molar refractivity (Wildman–Crippen MR) is 91.5 cm³/mol. The molecule has 1 heterocycles. The zero-order chi connectivity index (χ0) is 18.4. The second-order valence-corrected chi connectivity index (χ2v) is 5.51. The number of rotatable bonds is 8. The molecule has 0 unspecified atom stereocenters. The SMILES string of the molecule is CCNC(=O)C[C@@H]1C(=O)N(c2ccc(OC)cc2)C(=O)N1CCOC. The Balaban J connectivity index is 2.26. The van der Waals surface area contributed by atoms with Crippen LogP contribution in [0.4, 0.5) is 10.5 Å². The summed E-state index contributed by atoms with van der Waals surface area (Å²) in [6.07, 6.45) is -0.0746. The summed E-state index contributed by atoms with van der Waals surface area (Å²) in [5.74, 6) is -0.0665. The monoisotopic (exact) mass is 349 g/mol. The average molecular weight is 349 g/mol. The van der Waals surface area contributed by atoms with Crippen LogP contribution in [-0.2, 0) is 14.3 Å². The fourth-order valence-corrected chi connectivity index (χ4v) is 2.69. The van der Waals surface area contributed by atoms with E-state index in [1.165, 1.54) is 19.1 Å². The number of nitrogens with one attached hydrogen (secondary N) is 1. The van der Waals surface area contributed by atoms with E-state index in [4.69, 9.17) is 9.47 Å². The summed E-state index contributed by atoms with van der Waals surface area (Å²) in [4.78, 5) is 39.9. The van der Waals surface area contributed by atoms with Gasteiger partial charge in [-0.25, -0.2) is 9.69 Å². The number of carbonyl (C=O) groups is 3. The smallest absolute Gasteiger partial charge is 0.332 e. The number of hydrogen-bond donors (Lipinski definition) is 1. The first-order valence-electron chi connectivity index (χ1n) is 8.07. The molecular formula is C17H23N3O5. The summed E-state index contributed by atoms with van der Waals surface area (Å²) >= 11 is 0. The normalized spacial score (nSPS) is 17.2. The molecule has 25 heavy (non-hydrogen) atoms. The molecule has 1 N–H and O–H groups in total. The van der Waals surface area contributed by atoms with E-state index < -0.39 is 18.0 Å². The van der Waals surface area contributed by atoms with Gasteiger partial charge in [0.2, 0.25) is 5.91 Å². The summed E-state index contributed by atoms with van der Waals surface area (Å²) in [6.45, 7) is 2.78. The molecule has 8 nitrogen and oxygen atoms in total. The lowest BCUT2D eigenvalue weighted by atomic mass is 10.1. The van der Waals surface area contributed by atoms with Crippen LogP contribution < -0.4 is 15.0 Å². The highest BCUT2D eigenvalue weighted by atomic mass is 16.5. The Morgan fingerprint density at radius 1 is 1.20 bits per heavy atom. The van der Waals surface area contributed by atoms with Gasteiger partial charge >= 0.3 is 6.03 Å². The molecule has 1 atom stereocenters. The van der Waals surface area contributed by atoms with Crippen molar-refractivity contribution in [1.29, 1.82) is 0 Å². The van der Waals surface area contributed by atoms with Crippen molar-refractivity contribution in [1.82, 2.24) is 10.2 Å². The molecule has 0 saturated carbocycles. The maximum atomic E-state index is 12.8. The highest BCUT2D eigenvalue weighted by Gasteiger charge is 2.46. The molecular weight excluding hydrogens is 326 g/mol. The molecule has 0 aliphatic carbocycles. The Morgan fingerprint density at radius 2 is 1.88 bits per heavy atom. The van der Waals surface area contributed by atoms with Crippen LogP contribution in [0.3, 0.4) is 0 Å². The van der Waals surface area contributed by atoms with Crippen molar-refractivity contribution >= 4 is 23.5 Å². The fourth-order valence-electron chi connectivity index (χ4n) is 2.69. The van der Waals surface area contributed by atoms with Gasteiger partial charge in [0.25, 0.3) is 5.91 Å². The van der Waals surface area contributed by atoms with Gasteiger partial charge < -0.3 is 19.7 Å². The maximum Gasteiger partial charge on any atom is 0.332 e. The maximum absolute atomic E-state index is 12.8. The third-order valence-corrected chi connectivity index (χ3v) is 3.94. The van der Waals surface area contributed by atoms with Gasteiger partial charge in [0.1, 0.15) is 11.8 Å². The Hall–Kier alpha value is -2.61.